The third-order valence-electron chi connectivity index (χ3n) is 9.34. The molecule has 7 nitrogen and oxygen atoms in total. The molecule has 3 heterocycles. The van der Waals surface area contributed by atoms with Crippen LogP contribution < -0.4 is 0 Å². The molecule has 2 saturated carbocycles. The number of carbonyl (C=O) groups is 2. The van der Waals surface area contributed by atoms with Crippen molar-refractivity contribution in [3.8, 4) is 11.3 Å². The number of piperazine rings is 1. The quantitative estimate of drug-likeness (QED) is 0.584. The van der Waals surface area contributed by atoms with Crippen LogP contribution in [0.4, 0.5) is 0 Å². The van der Waals surface area contributed by atoms with Gasteiger partial charge in [0, 0.05) is 49.9 Å². The van der Waals surface area contributed by atoms with E-state index in [1.807, 2.05) is 18.2 Å². The SMILES string of the molecule is O=C(c1ccc(-c2cn3c(n2)C2(CCCCCCCC2)CCC3)cc1Cl)N1CCN(C(=O)C2(O)CC2)CC1. The van der Waals surface area contributed by atoms with Crippen LogP contribution in [0.2, 0.25) is 5.02 Å². The van der Waals surface area contributed by atoms with Gasteiger partial charge in [0.2, 0.25) is 0 Å². The molecule has 38 heavy (non-hydrogen) atoms. The highest BCUT2D eigenvalue weighted by Crippen LogP contribution is 2.44. The van der Waals surface area contributed by atoms with Gasteiger partial charge in [-0.3, -0.25) is 9.59 Å². The van der Waals surface area contributed by atoms with Crippen molar-refractivity contribution in [2.45, 2.75) is 94.6 Å². The lowest BCUT2D eigenvalue weighted by molar-refractivity contribution is -0.143. The molecule has 2 aromatic rings. The molecule has 2 amide bonds. The lowest BCUT2D eigenvalue weighted by Crippen LogP contribution is -2.53. The van der Waals surface area contributed by atoms with Gasteiger partial charge in [-0.05, 0) is 50.7 Å². The molecule has 1 saturated heterocycles. The topological polar surface area (TPSA) is 78.7 Å². The lowest BCUT2D eigenvalue weighted by Gasteiger charge is -2.37. The molecule has 4 aliphatic rings. The number of nitrogens with zero attached hydrogens (tertiary/aromatic N) is 4. The maximum atomic E-state index is 13.3. The number of aryl methyl sites for hydroxylation is 1. The summed E-state index contributed by atoms with van der Waals surface area (Å²) in [5.41, 5.74) is 1.39. The Morgan fingerprint density at radius 1 is 0.816 bits per heavy atom. The summed E-state index contributed by atoms with van der Waals surface area (Å²) in [7, 11) is 0. The Balaban J connectivity index is 1.17. The summed E-state index contributed by atoms with van der Waals surface area (Å²) >= 11 is 6.69. The van der Waals surface area contributed by atoms with Crippen LogP contribution in [0.3, 0.4) is 0 Å². The van der Waals surface area contributed by atoms with Crippen molar-refractivity contribution >= 4 is 23.4 Å². The van der Waals surface area contributed by atoms with Gasteiger partial charge in [-0.1, -0.05) is 56.2 Å². The Labute approximate surface area is 230 Å². The first-order valence-corrected chi connectivity index (χ1v) is 15.0. The number of fused-ring (bicyclic) bond motifs is 2. The van der Waals surface area contributed by atoms with Crippen LogP contribution in [0.25, 0.3) is 11.3 Å². The lowest BCUT2D eigenvalue weighted by atomic mass is 9.73. The number of rotatable bonds is 3. The maximum Gasteiger partial charge on any atom is 0.255 e. The minimum absolute atomic E-state index is 0.118. The zero-order chi connectivity index (χ0) is 26.3. The van der Waals surface area contributed by atoms with E-state index >= 15 is 0 Å². The molecule has 1 aromatic carbocycles. The highest BCUT2D eigenvalue weighted by molar-refractivity contribution is 6.34. The normalized spacial score (nSPS) is 22.8. The third-order valence-corrected chi connectivity index (χ3v) is 9.65. The van der Waals surface area contributed by atoms with E-state index in [0.717, 1.165) is 17.8 Å². The van der Waals surface area contributed by atoms with Crippen LogP contribution in [0.5, 0.6) is 0 Å². The fraction of sp³-hybridized carbons (Fsp3) is 0.633. The van der Waals surface area contributed by atoms with E-state index in [9.17, 15) is 14.7 Å². The van der Waals surface area contributed by atoms with Crippen molar-refractivity contribution in [3.63, 3.8) is 0 Å². The second-order valence-corrected chi connectivity index (χ2v) is 12.4. The van der Waals surface area contributed by atoms with Gasteiger partial charge in [0.15, 0.2) is 0 Å². The molecule has 0 unspecified atom stereocenters. The Hall–Kier alpha value is -2.38. The summed E-state index contributed by atoms with van der Waals surface area (Å²) in [5.74, 6) is 0.930. The molecular weight excluding hydrogens is 500 g/mol. The number of amides is 2. The van der Waals surface area contributed by atoms with E-state index in [2.05, 4.69) is 10.8 Å². The fourth-order valence-corrected chi connectivity index (χ4v) is 7.10. The molecule has 1 aromatic heterocycles. The van der Waals surface area contributed by atoms with Gasteiger partial charge in [-0.15, -0.1) is 0 Å². The smallest absolute Gasteiger partial charge is 0.255 e. The highest BCUT2D eigenvalue weighted by Gasteiger charge is 2.50. The van der Waals surface area contributed by atoms with Crippen molar-refractivity contribution in [1.82, 2.24) is 19.4 Å². The molecular formula is C30H39ClN4O3. The van der Waals surface area contributed by atoms with Crippen LogP contribution in [0.1, 0.15) is 93.2 Å². The average Bonchev–Trinajstić information content (AvgIpc) is 3.49. The predicted octanol–water partition coefficient (Wildman–Crippen LogP) is 5.18. The standard InChI is InChI=1S/C30H39ClN4O3/c31-24-20-22(8-9-23(24)26(36)33-16-18-34(19-17-33)28(37)30(38)13-14-30)25-21-35-15-7-12-29(27(35)32-25)10-5-3-1-2-4-6-11-29/h8-9,20-21,38H,1-7,10-19H2. The van der Waals surface area contributed by atoms with E-state index in [1.165, 1.54) is 70.0 Å². The first-order chi connectivity index (χ1) is 18.4. The number of hydrogen-bond acceptors (Lipinski definition) is 4. The van der Waals surface area contributed by atoms with Crippen LogP contribution in [0, 0.1) is 0 Å². The van der Waals surface area contributed by atoms with Gasteiger partial charge in [-0.2, -0.15) is 0 Å². The number of imidazole rings is 1. The first kappa shape index (κ1) is 25.9. The average molecular weight is 539 g/mol. The molecule has 1 N–H and O–H groups in total. The summed E-state index contributed by atoms with van der Waals surface area (Å²) < 4.78 is 2.38. The van der Waals surface area contributed by atoms with Crippen LogP contribution >= 0.6 is 11.6 Å². The fourth-order valence-electron chi connectivity index (χ4n) is 6.84. The second kappa shape index (κ2) is 10.3. The van der Waals surface area contributed by atoms with Crippen LogP contribution in [-0.4, -0.2) is 68.1 Å². The van der Waals surface area contributed by atoms with Crippen molar-refractivity contribution < 1.29 is 14.7 Å². The number of halogens is 1. The third kappa shape index (κ3) is 4.88. The number of hydrogen-bond donors (Lipinski definition) is 1. The molecule has 3 fully saturated rings. The van der Waals surface area contributed by atoms with E-state index in [1.54, 1.807) is 9.80 Å². The minimum atomic E-state index is -1.16. The Morgan fingerprint density at radius 2 is 1.45 bits per heavy atom. The number of carbonyl (C=O) groups excluding carboxylic acids is 2. The second-order valence-electron chi connectivity index (χ2n) is 12.0. The van der Waals surface area contributed by atoms with Gasteiger partial charge in [0.05, 0.1) is 16.3 Å². The van der Waals surface area contributed by atoms with Crippen molar-refractivity contribution in [1.29, 1.82) is 0 Å². The Morgan fingerprint density at radius 3 is 2.11 bits per heavy atom. The molecule has 0 atom stereocenters. The summed E-state index contributed by atoms with van der Waals surface area (Å²) in [6.45, 7) is 2.76. The number of aromatic nitrogens is 2. The number of benzene rings is 1. The van der Waals surface area contributed by atoms with E-state index in [0.29, 0.717) is 49.6 Å². The Bertz CT molecular complexity index is 1200. The molecule has 0 radical (unpaired) electrons. The zero-order valence-electron chi connectivity index (χ0n) is 22.3. The minimum Gasteiger partial charge on any atom is -0.380 e. The van der Waals surface area contributed by atoms with E-state index in [-0.39, 0.29) is 17.2 Å². The molecule has 8 heteroatoms. The van der Waals surface area contributed by atoms with Crippen molar-refractivity contribution in [2.75, 3.05) is 26.2 Å². The molecule has 6 rings (SSSR count). The maximum absolute atomic E-state index is 13.3. The predicted molar refractivity (Wildman–Crippen MR) is 147 cm³/mol. The molecule has 1 spiro atoms. The monoisotopic (exact) mass is 538 g/mol. The van der Waals surface area contributed by atoms with Crippen LogP contribution in [-0.2, 0) is 16.8 Å². The van der Waals surface area contributed by atoms with E-state index < -0.39 is 5.60 Å². The highest BCUT2D eigenvalue weighted by atomic mass is 35.5. The summed E-state index contributed by atoms with van der Waals surface area (Å²) in [4.78, 5) is 34.3. The molecule has 2 aliphatic heterocycles. The van der Waals surface area contributed by atoms with Gasteiger partial charge < -0.3 is 19.5 Å². The summed E-state index contributed by atoms with van der Waals surface area (Å²) in [6.07, 6.45) is 16.1. The van der Waals surface area contributed by atoms with Crippen molar-refractivity contribution in [2.24, 2.45) is 0 Å². The van der Waals surface area contributed by atoms with Gasteiger partial charge in [0.25, 0.3) is 11.8 Å². The molecule has 2 aliphatic carbocycles. The summed E-state index contributed by atoms with van der Waals surface area (Å²) in [6, 6.07) is 5.66. The summed E-state index contributed by atoms with van der Waals surface area (Å²) in [5, 5.41) is 10.6. The van der Waals surface area contributed by atoms with Crippen molar-refractivity contribution in [3.05, 3.63) is 40.8 Å². The molecule has 0 bridgehead atoms. The van der Waals surface area contributed by atoms with Crippen LogP contribution in [0.15, 0.2) is 24.4 Å². The van der Waals surface area contributed by atoms with Gasteiger partial charge >= 0.3 is 0 Å². The molecule has 204 valence electrons. The largest absolute Gasteiger partial charge is 0.380 e. The first-order valence-electron chi connectivity index (χ1n) is 14.6. The zero-order valence-corrected chi connectivity index (χ0v) is 23.0. The number of aliphatic hydroxyl groups is 1. The Kier molecular flexibility index (Phi) is 7.02. The van der Waals surface area contributed by atoms with E-state index in [4.69, 9.17) is 16.6 Å². The van der Waals surface area contributed by atoms with Gasteiger partial charge in [0.1, 0.15) is 11.4 Å². The van der Waals surface area contributed by atoms with Gasteiger partial charge in [-0.25, -0.2) is 4.98 Å².